The van der Waals surface area contributed by atoms with Crippen LogP contribution in [0.4, 0.5) is 0 Å². The second-order valence-corrected chi connectivity index (χ2v) is 4.96. The Bertz CT molecular complexity index is 646. The highest BCUT2D eigenvalue weighted by atomic mass is 16.4. The fourth-order valence-electron chi connectivity index (χ4n) is 2.83. The third-order valence-electron chi connectivity index (χ3n) is 3.61. The Morgan fingerprint density at radius 3 is 3.00 bits per heavy atom. The Morgan fingerprint density at radius 2 is 2.22 bits per heavy atom. The maximum absolute atomic E-state index is 11.1. The van der Waals surface area contributed by atoms with Gasteiger partial charge in [-0.25, -0.2) is 0 Å². The fraction of sp³-hybridized carbons (Fsp3) is 0.333. The van der Waals surface area contributed by atoms with Gasteiger partial charge in [-0.15, -0.1) is 0 Å². The summed E-state index contributed by atoms with van der Waals surface area (Å²) in [7, 11) is 0. The van der Waals surface area contributed by atoms with Crippen molar-refractivity contribution in [3.63, 3.8) is 0 Å². The van der Waals surface area contributed by atoms with Crippen molar-refractivity contribution >= 4 is 16.9 Å². The molecule has 1 aromatic heterocycles. The number of aromatic nitrogens is 1. The van der Waals surface area contributed by atoms with Crippen molar-refractivity contribution in [2.75, 3.05) is 0 Å². The zero-order valence-electron chi connectivity index (χ0n) is 10.4. The summed E-state index contributed by atoms with van der Waals surface area (Å²) < 4.78 is 0. The molecule has 2 aromatic rings. The van der Waals surface area contributed by atoms with Crippen LogP contribution in [0.25, 0.3) is 10.9 Å². The molecule has 0 amide bonds. The monoisotopic (exact) mass is 241 g/mol. The molecule has 0 unspecified atom stereocenters. The molecule has 1 N–H and O–H groups in total. The van der Waals surface area contributed by atoms with Crippen LogP contribution >= 0.6 is 0 Å². The molecule has 0 fully saturated rings. The molecule has 0 spiro atoms. The van der Waals surface area contributed by atoms with E-state index in [1.54, 1.807) is 0 Å². The Morgan fingerprint density at radius 1 is 1.39 bits per heavy atom. The molecule has 1 heterocycles. The van der Waals surface area contributed by atoms with Crippen LogP contribution < -0.4 is 0 Å². The zero-order chi connectivity index (χ0) is 12.7. The number of pyridine rings is 1. The highest BCUT2D eigenvalue weighted by Gasteiger charge is 2.20. The zero-order valence-corrected chi connectivity index (χ0v) is 10.4. The van der Waals surface area contributed by atoms with Gasteiger partial charge in [-0.2, -0.15) is 0 Å². The predicted molar refractivity (Wildman–Crippen MR) is 69.8 cm³/mol. The number of fused-ring (bicyclic) bond motifs is 2. The quantitative estimate of drug-likeness (QED) is 0.879. The fourth-order valence-corrected chi connectivity index (χ4v) is 2.83. The van der Waals surface area contributed by atoms with E-state index >= 15 is 0 Å². The van der Waals surface area contributed by atoms with Crippen molar-refractivity contribution in [2.45, 2.75) is 32.6 Å². The molecule has 0 radical (unpaired) electrons. The number of aliphatic carboxylic acids is 1. The van der Waals surface area contributed by atoms with Crippen LogP contribution in [0.3, 0.4) is 0 Å². The SMILES string of the molecule is Cc1ccc2nc3c(c(CC(=O)O)c2c1)CCC3. The summed E-state index contributed by atoms with van der Waals surface area (Å²) >= 11 is 0. The van der Waals surface area contributed by atoms with E-state index in [9.17, 15) is 4.79 Å². The van der Waals surface area contributed by atoms with Crippen molar-refractivity contribution in [2.24, 2.45) is 0 Å². The molecule has 1 aromatic carbocycles. The van der Waals surface area contributed by atoms with Crippen molar-refractivity contribution in [1.82, 2.24) is 4.98 Å². The molecule has 92 valence electrons. The summed E-state index contributed by atoms with van der Waals surface area (Å²) in [6.07, 6.45) is 3.13. The second-order valence-electron chi connectivity index (χ2n) is 4.96. The van der Waals surface area contributed by atoms with Crippen LogP contribution in [0.15, 0.2) is 18.2 Å². The third kappa shape index (κ3) is 1.76. The van der Waals surface area contributed by atoms with Crippen LogP contribution in [-0.2, 0) is 24.1 Å². The molecule has 18 heavy (non-hydrogen) atoms. The number of carbonyl (C=O) groups is 1. The predicted octanol–water partition coefficient (Wildman–Crippen LogP) is 2.66. The minimum atomic E-state index is -0.766. The highest BCUT2D eigenvalue weighted by Crippen LogP contribution is 2.30. The average Bonchev–Trinajstić information content (AvgIpc) is 2.77. The van der Waals surface area contributed by atoms with E-state index in [2.05, 4.69) is 11.1 Å². The second kappa shape index (κ2) is 4.09. The molecule has 3 heteroatoms. The number of nitrogens with zero attached hydrogens (tertiary/aromatic N) is 1. The Balaban J connectivity index is 2.32. The maximum Gasteiger partial charge on any atom is 0.307 e. The van der Waals surface area contributed by atoms with Crippen LogP contribution in [-0.4, -0.2) is 16.1 Å². The van der Waals surface area contributed by atoms with Gasteiger partial charge in [-0.05, 0) is 49.4 Å². The first-order valence-electron chi connectivity index (χ1n) is 6.28. The van der Waals surface area contributed by atoms with Crippen molar-refractivity contribution < 1.29 is 9.90 Å². The topological polar surface area (TPSA) is 50.2 Å². The lowest BCUT2D eigenvalue weighted by Gasteiger charge is -2.11. The van der Waals surface area contributed by atoms with Crippen molar-refractivity contribution in [3.05, 3.63) is 40.6 Å². The van der Waals surface area contributed by atoms with Gasteiger partial charge in [0.25, 0.3) is 0 Å². The Hall–Kier alpha value is -1.90. The first-order chi connectivity index (χ1) is 8.65. The van der Waals surface area contributed by atoms with Gasteiger partial charge in [-0.3, -0.25) is 9.78 Å². The Kier molecular flexibility index (Phi) is 2.54. The van der Waals surface area contributed by atoms with E-state index in [0.29, 0.717) is 0 Å². The maximum atomic E-state index is 11.1. The van der Waals surface area contributed by atoms with Gasteiger partial charge in [0, 0.05) is 11.1 Å². The lowest BCUT2D eigenvalue weighted by molar-refractivity contribution is -0.136. The Labute approximate surface area is 105 Å². The highest BCUT2D eigenvalue weighted by molar-refractivity contribution is 5.88. The van der Waals surface area contributed by atoms with Gasteiger partial charge in [0.1, 0.15) is 0 Å². The molecule has 0 atom stereocenters. The number of benzene rings is 1. The number of hydrogen-bond donors (Lipinski definition) is 1. The number of carboxylic acids is 1. The average molecular weight is 241 g/mol. The van der Waals surface area contributed by atoms with Gasteiger partial charge in [0.15, 0.2) is 0 Å². The van der Waals surface area contributed by atoms with Crippen LogP contribution in [0.1, 0.15) is 28.8 Å². The molecule has 3 rings (SSSR count). The van der Waals surface area contributed by atoms with E-state index in [1.807, 2.05) is 19.1 Å². The van der Waals surface area contributed by atoms with E-state index in [4.69, 9.17) is 5.11 Å². The molecule has 0 saturated carbocycles. The molecule has 3 nitrogen and oxygen atoms in total. The normalized spacial score (nSPS) is 13.8. The van der Waals surface area contributed by atoms with Gasteiger partial charge in [-0.1, -0.05) is 11.6 Å². The van der Waals surface area contributed by atoms with Crippen molar-refractivity contribution in [3.8, 4) is 0 Å². The summed E-state index contributed by atoms with van der Waals surface area (Å²) in [5.74, 6) is -0.766. The van der Waals surface area contributed by atoms with Gasteiger partial charge in [0.05, 0.1) is 11.9 Å². The first kappa shape index (κ1) is 11.2. The molecule has 0 saturated heterocycles. The number of rotatable bonds is 2. The standard InChI is InChI=1S/C15H15NO2/c1-9-5-6-14-12(7-9)11(8-15(17)18)10-3-2-4-13(10)16-14/h5-7H,2-4,8H2,1H3,(H,17,18). The summed E-state index contributed by atoms with van der Waals surface area (Å²) in [6.45, 7) is 2.03. The molecule has 0 bridgehead atoms. The van der Waals surface area contributed by atoms with E-state index in [-0.39, 0.29) is 6.42 Å². The molecule has 1 aliphatic carbocycles. The first-order valence-corrected chi connectivity index (χ1v) is 6.28. The minimum Gasteiger partial charge on any atom is -0.481 e. The van der Waals surface area contributed by atoms with Crippen LogP contribution in [0.5, 0.6) is 0 Å². The molecule has 1 aliphatic rings. The lowest BCUT2D eigenvalue weighted by Crippen LogP contribution is -2.06. The summed E-state index contributed by atoms with van der Waals surface area (Å²) in [4.78, 5) is 15.7. The van der Waals surface area contributed by atoms with E-state index in [0.717, 1.165) is 47.0 Å². The molecular weight excluding hydrogens is 226 g/mol. The van der Waals surface area contributed by atoms with E-state index < -0.39 is 5.97 Å². The van der Waals surface area contributed by atoms with Crippen molar-refractivity contribution in [1.29, 1.82) is 0 Å². The van der Waals surface area contributed by atoms with E-state index in [1.165, 1.54) is 5.56 Å². The number of hydrogen-bond acceptors (Lipinski definition) is 2. The van der Waals surface area contributed by atoms with Crippen LogP contribution in [0.2, 0.25) is 0 Å². The van der Waals surface area contributed by atoms with Crippen LogP contribution in [0, 0.1) is 6.92 Å². The summed E-state index contributed by atoms with van der Waals surface area (Å²) in [5, 5.41) is 10.1. The van der Waals surface area contributed by atoms with Gasteiger partial charge in [0.2, 0.25) is 0 Å². The largest absolute Gasteiger partial charge is 0.481 e. The molecular formula is C15H15NO2. The summed E-state index contributed by atoms with van der Waals surface area (Å²) in [5.41, 5.74) is 5.33. The smallest absolute Gasteiger partial charge is 0.307 e. The lowest BCUT2D eigenvalue weighted by atomic mass is 9.97. The minimum absolute atomic E-state index is 0.102. The van der Waals surface area contributed by atoms with Gasteiger partial charge >= 0.3 is 5.97 Å². The number of carboxylic acid groups (broad SMARTS) is 1. The summed E-state index contributed by atoms with van der Waals surface area (Å²) in [6, 6.07) is 6.08. The number of aryl methyl sites for hydroxylation is 2. The molecule has 0 aliphatic heterocycles. The van der Waals surface area contributed by atoms with Gasteiger partial charge < -0.3 is 5.11 Å². The third-order valence-corrected chi connectivity index (χ3v) is 3.61.